The third kappa shape index (κ3) is 5.55. The number of β-amino-alcohol motifs (C(OH)–C–C–N with tert-alkyl or cyclic N) is 1. The van der Waals surface area contributed by atoms with Gasteiger partial charge >= 0.3 is 11.9 Å². The summed E-state index contributed by atoms with van der Waals surface area (Å²) in [6.45, 7) is 3.31. The van der Waals surface area contributed by atoms with Gasteiger partial charge in [-0.05, 0) is 31.5 Å². The van der Waals surface area contributed by atoms with E-state index in [-0.39, 0.29) is 30.0 Å². The normalized spacial score (nSPS) is 15.0. The fourth-order valence-electron chi connectivity index (χ4n) is 4.25. The Balaban J connectivity index is 2.06. The number of non-ortho nitro benzene ring substituents is 1. The minimum atomic E-state index is -0.984. The molecule has 2 aromatic rings. The number of aliphatic hydroxyl groups is 1. The molecule has 0 saturated heterocycles. The lowest BCUT2D eigenvalue weighted by Gasteiger charge is -2.38. The van der Waals surface area contributed by atoms with E-state index in [1.165, 1.54) is 32.4 Å². The van der Waals surface area contributed by atoms with Gasteiger partial charge in [-0.15, -0.1) is 0 Å². The fraction of sp³-hybridized carbons (Fsp3) is 0.308. The van der Waals surface area contributed by atoms with Gasteiger partial charge in [-0.25, -0.2) is 9.59 Å². The number of rotatable bonds is 9. The van der Waals surface area contributed by atoms with Crippen molar-refractivity contribution in [3.63, 3.8) is 0 Å². The minimum absolute atomic E-state index is 0.00709. The van der Waals surface area contributed by atoms with Crippen molar-refractivity contribution in [3.8, 4) is 5.75 Å². The van der Waals surface area contributed by atoms with E-state index >= 15 is 0 Å². The molecule has 1 aliphatic rings. The SMILES string of the molecule is COC(=O)C1=C(C)N(CC(O)COc2ccccc2)C(C)=C(C(=O)OC)C1c1cccc([N+](=O)[O-])c1. The molecule has 0 saturated carbocycles. The third-order valence-electron chi connectivity index (χ3n) is 5.97. The van der Waals surface area contributed by atoms with E-state index in [2.05, 4.69) is 0 Å². The average Bonchev–Trinajstić information content (AvgIpc) is 2.89. The fourth-order valence-corrected chi connectivity index (χ4v) is 4.25. The lowest BCUT2D eigenvalue weighted by Crippen LogP contribution is -2.40. The summed E-state index contributed by atoms with van der Waals surface area (Å²) in [6, 6.07) is 14.7. The molecule has 190 valence electrons. The van der Waals surface area contributed by atoms with E-state index in [1.54, 1.807) is 36.9 Å². The summed E-state index contributed by atoms with van der Waals surface area (Å²) in [5, 5.41) is 22.1. The van der Waals surface area contributed by atoms with E-state index in [4.69, 9.17) is 14.2 Å². The minimum Gasteiger partial charge on any atom is -0.491 e. The van der Waals surface area contributed by atoms with Crippen molar-refractivity contribution in [1.29, 1.82) is 0 Å². The number of hydrogen-bond acceptors (Lipinski definition) is 9. The second kappa shape index (κ2) is 11.5. The Hall–Kier alpha value is -4.18. The number of nitrogens with zero attached hydrogens (tertiary/aromatic N) is 2. The highest BCUT2D eigenvalue weighted by Gasteiger charge is 2.41. The van der Waals surface area contributed by atoms with Gasteiger partial charge in [0.1, 0.15) is 18.5 Å². The molecule has 36 heavy (non-hydrogen) atoms. The Bertz CT molecular complexity index is 1170. The summed E-state index contributed by atoms with van der Waals surface area (Å²) >= 11 is 0. The summed E-state index contributed by atoms with van der Waals surface area (Å²) in [4.78, 5) is 38.4. The lowest BCUT2D eigenvalue weighted by molar-refractivity contribution is -0.384. The van der Waals surface area contributed by atoms with E-state index in [1.807, 2.05) is 18.2 Å². The number of allylic oxidation sites excluding steroid dienone is 2. The monoisotopic (exact) mass is 496 g/mol. The highest BCUT2D eigenvalue weighted by Crippen LogP contribution is 2.43. The molecule has 0 fully saturated rings. The van der Waals surface area contributed by atoms with Crippen molar-refractivity contribution in [1.82, 2.24) is 4.90 Å². The van der Waals surface area contributed by atoms with Crippen LogP contribution in [0.4, 0.5) is 5.69 Å². The second-order valence-electron chi connectivity index (χ2n) is 8.15. The summed E-state index contributed by atoms with van der Waals surface area (Å²) in [7, 11) is 2.42. The Labute approximate surface area is 208 Å². The van der Waals surface area contributed by atoms with Crippen LogP contribution >= 0.6 is 0 Å². The molecule has 0 amide bonds. The van der Waals surface area contributed by atoms with Gasteiger partial charge in [0.25, 0.3) is 5.69 Å². The number of nitro groups is 1. The molecule has 1 heterocycles. The van der Waals surface area contributed by atoms with Crippen LogP contribution in [0.1, 0.15) is 25.3 Å². The van der Waals surface area contributed by atoms with Gasteiger partial charge in [0.15, 0.2) is 0 Å². The zero-order chi connectivity index (χ0) is 26.4. The molecule has 0 aliphatic carbocycles. The molecule has 1 unspecified atom stereocenters. The van der Waals surface area contributed by atoms with E-state index < -0.39 is 28.9 Å². The van der Waals surface area contributed by atoms with Crippen molar-refractivity contribution >= 4 is 17.6 Å². The number of esters is 2. The highest BCUT2D eigenvalue weighted by atomic mass is 16.6. The van der Waals surface area contributed by atoms with Crippen molar-refractivity contribution < 1.29 is 33.8 Å². The van der Waals surface area contributed by atoms with Crippen molar-refractivity contribution in [3.05, 3.63) is 92.8 Å². The first-order valence-corrected chi connectivity index (χ1v) is 11.2. The molecule has 1 N–H and O–H groups in total. The summed E-state index contributed by atoms with van der Waals surface area (Å²) in [5.41, 5.74) is 1.26. The lowest BCUT2D eigenvalue weighted by atomic mass is 9.79. The number of benzene rings is 2. The number of nitro benzene ring substituents is 1. The molecule has 10 heteroatoms. The van der Waals surface area contributed by atoms with Gasteiger partial charge in [-0.2, -0.15) is 0 Å². The zero-order valence-corrected chi connectivity index (χ0v) is 20.5. The average molecular weight is 497 g/mol. The summed E-state index contributed by atoms with van der Waals surface area (Å²) in [5.74, 6) is -1.81. The third-order valence-corrected chi connectivity index (χ3v) is 5.97. The van der Waals surface area contributed by atoms with Crippen molar-refractivity contribution in [2.45, 2.75) is 25.9 Å². The first kappa shape index (κ1) is 26.4. The topological polar surface area (TPSA) is 128 Å². The van der Waals surface area contributed by atoms with Crippen LogP contribution < -0.4 is 4.74 Å². The molecule has 0 radical (unpaired) electrons. The standard InChI is InChI=1S/C26H28N2O8/c1-16-22(25(30)34-3)24(18-9-8-10-19(13-18)28(32)33)23(26(31)35-4)17(2)27(16)14-20(29)15-36-21-11-6-5-7-12-21/h5-13,20,24,29H,14-15H2,1-4H3. The van der Waals surface area contributed by atoms with Gasteiger partial charge in [0, 0.05) is 23.5 Å². The molecule has 0 spiro atoms. The second-order valence-corrected chi connectivity index (χ2v) is 8.15. The van der Waals surface area contributed by atoms with Crippen LogP contribution in [0.5, 0.6) is 5.75 Å². The van der Waals surface area contributed by atoms with E-state index in [0.717, 1.165) is 0 Å². The zero-order valence-electron chi connectivity index (χ0n) is 20.5. The number of carbonyl (C=O) groups excluding carboxylic acids is 2. The molecular formula is C26H28N2O8. The van der Waals surface area contributed by atoms with Gasteiger partial charge in [-0.1, -0.05) is 30.3 Å². The van der Waals surface area contributed by atoms with Crippen LogP contribution in [-0.4, -0.2) is 60.3 Å². The van der Waals surface area contributed by atoms with Gasteiger partial charge in [0.2, 0.25) is 0 Å². The Morgan fingerprint density at radius 3 is 2.11 bits per heavy atom. The smallest absolute Gasteiger partial charge is 0.336 e. The van der Waals surface area contributed by atoms with E-state index in [9.17, 15) is 24.8 Å². The first-order valence-electron chi connectivity index (χ1n) is 11.2. The van der Waals surface area contributed by atoms with Crippen LogP contribution in [0.3, 0.4) is 0 Å². The predicted octanol–water partition coefficient (Wildman–Crippen LogP) is 3.33. The van der Waals surface area contributed by atoms with Crippen LogP contribution in [0.25, 0.3) is 0 Å². The molecule has 10 nitrogen and oxygen atoms in total. The van der Waals surface area contributed by atoms with Crippen molar-refractivity contribution in [2.75, 3.05) is 27.4 Å². The molecule has 1 atom stereocenters. The van der Waals surface area contributed by atoms with Crippen LogP contribution in [0, 0.1) is 10.1 Å². The quantitative estimate of drug-likeness (QED) is 0.316. The first-order chi connectivity index (χ1) is 17.2. The molecular weight excluding hydrogens is 468 g/mol. The maximum atomic E-state index is 13.0. The van der Waals surface area contributed by atoms with Gasteiger partial charge < -0.3 is 24.2 Å². The van der Waals surface area contributed by atoms with Gasteiger partial charge in [-0.3, -0.25) is 10.1 Å². The van der Waals surface area contributed by atoms with Gasteiger partial charge in [0.05, 0.1) is 42.8 Å². The van der Waals surface area contributed by atoms with Crippen LogP contribution in [0.15, 0.2) is 77.1 Å². The maximum absolute atomic E-state index is 13.0. The number of carbonyl (C=O) groups is 2. The van der Waals surface area contributed by atoms with Crippen molar-refractivity contribution in [2.24, 2.45) is 0 Å². The molecule has 1 aliphatic heterocycles. The molecule has 2 aromatic carbocycles. The number of ether oxygens (including phenoxy) is 3. The Morgan fingerprint density at radius 1 is 1.00 bits per heavy atom. The largest absolute Gasteiger partial charge is 0.491 e. The molecule has 0 bridgehead atoms. The summed E-state index contributed by atoms with van der Waals surface area (Å²) < 4.78 is 15.7. The van der Waals surface area contributed by atoms with Crippen LogP contribution in [0.2, 0.25) is 0 Å². The predicted molar refractivity (Wildman–Crippen MR) is 130 cm³/mol. The molecule has 0 aromatic heterocycles. The van der Waals surface area contributed by atoms with E-state index in [0.29, 0.717) is 22.7 Å². The number of aliphatic hydroxyl groups excluding tert-OH is 1. The number of para-hydroxylation sites is 1. The molecule has 3 rings (SSSR count). The van der Waals surface area contributed by atoms with Crippen LogP contribution in [-0.2, 0) is 19.1 Å². The highest BCUT2D eigenvalue weighted by molar-refractivity contribution is 5.99. The Kier molecular flexibility index (Phi) is 8.44. The number of methoxy groups -OCH3 is 2. The number of hydrogen-bond donors (Lipinski definition) is 1. The Morgan fingerprint density at radius 2 is 1.58 bits per heavy atom. The maximum Gasteiger partial charge on any atom is 0.336 e. The summed E-state index contributed by atoms with van der Waals surface area (Å²) in [6.07, 6.45) is -0.984.